The van der Waals surface area contributed by atoms with Crippen molar-refractivity contribution in [2.45, 2.75) is 26.2 Å². The van der Waals surface area contributed by atoms with Crippen molar-refractivity contribution in [2.24, 2.45) is 11.3 Å². The minimum Gasteiger partial charge on any atom is -0.507 e. The highest BCUT2D eigenvalue weighted by Gasteiger charge is 2.54. The summed E-state index contributed by atoms with van der Waals surface area (Å²) in [7, 11) is 0. The Morgan fingerprint density at radius 1 is 1.25 bits per heavy atom. The van der Waals surface area contributed by atoms with E-state index in [1.165, 1.54) is 18.2 Å². The quantitative estimate of drug-likeness (QED) is 0.627. The number of ketones is 1. The highest BCUT2D eigenvalue weighted by molar-refractivity contribution is 6.01. The topological polar surface area (TPSA) is 37.3 Å². The van der Waals surface area contributed by atoms with Crippen molar-refractivity contribution in [3.8, 4) is 5.75 Å². The number of hydrogen-bond acceptors (Lipinski definition) is 2. The Kier molecular flexibility index (Phi) is 4.04. The van der Waals surface area contributed by atoms with Crippen molar-refractivity contribution < 1.29 is 14.3 Å². The molecule has 0 unspecified atom stereocenters. The molecule has 0 saturated heterocycles. The van der Waals surface area contributed by atoms with E-state index in [2.05, 4.69) is 13.5 Å². The molecule has 124 valence electrons. The van der Waals surface area contributed by atoms with E-state index in [9.17, 15) is 14.3 Å². The third-order valence-electron chi connectivity index (χ3n) is 5.42. The molecule has 0 heterocycles. The molecule has 3 atom stereocenters. The minimum absolute atomic E-state index is 0.00980. The van der Waals surface area contributed by atoms with Gasteiger partial charge in [0.2, 0.25) is 0 Å². The summed E-state index contributed by atoms with van der Waals surface area (Å²) in [5.74, 6) is -0.845. The molecule has 0 aliphatic heterocycles. The average molecular weight is 324 g/mol. The van der Waals surface area contributed by atoms with E-state index in [0.29, 0.717) is 12.0 Å². The van der Waals surface area contributed by atoms with Gasteiger partial charge in [-0.1, -0.05) is 43.3 Å². The third kappa shape index (κ3) is 2.54. The van der Waals surface area contributed by atoms with Crippen LogP contribution in [0.25, 0.3) is 0 Å². The molecule has 24 heavy (non-hydrogen) atoms. The van der Waals surface area contributed by atoms with Crippen LogP contribution in [0.4, 0.5) is 4.39 Å². The summed E-state index contributed by atoms with van der Waals surface area (Å²) in [6.07, 6.45) is 0.649. The molecule has 1 N–H and O–H groups in total. The lowest BCUT2D eigenvalue weighted by Crippen LogP contribution is -2.48. The van der Waals surface area contributed by atoms with E-state index >= 15 is 0 Å². The lowest BCUT2D eigenvalue weighted by atomic mass is 9.49. The molecule has 3 heteroatoms. The molecule has 1 aliphatic carbocycles. The first kappa shape index (κ1) is 16.4. The molecule has 0 aromatic heterocycles. The van der Waals surface area contributed by atoms with E-state index in [0.717, 1.165) is 11.1 Å². The van der Waals surface area contributed by atoms with Gasteiger partial charge in [0.15, 0.2) is 5.78 Å². The number of halogens is 1. The molecule has 1 saturated carbocycles. The summed E-state index contributed by atoms with van der Waals surface area (Å²) in [6, 6.07) is 13.0. The predicted molar refractivity (Wildman–Crippen MR) is 92.6 cm³/mol. The fraction of sp³-hybridized carbons (Fsp3) is 0.286. The summed E-state index contributed by atoms with van der Waals surface area (Å²) >= 11 is 0. The normalized spacial score (nSPS) is 25.8. The number of carbonyl (C=O) groups excluding carboxylic acids is 1. The molecular formula is C21H21FO2. The maximum atomic E-state index is 13.7. The standard InChI is InChI=1S/C21H21FO2/c1-13(2)21(3)12-17(19(21)14-7-6-8-15(22)11-14)20(24)16-9-4-5-10-18(16)23/h4-11,17,19,23H,1,12H2,2-3H3/t17-,19+,21-/m1/s1. The van der Waals surface area contributed by atoms with Crippen LogP contribution in [0, 0.1) is 17.2 Å². The Labute approximate surface area is 141 Å². The zero-order valence-corrected chi connectivity index (χ0v) is 13.9. The van der Waals surface area contributed by atoms with Gasteiger partial charge in [-0.25, -0.2) is 4.39 Å². The summed E-state index contributed by atoms with van der Waals surface area (Å²) < 4.78 is 13.7. The number of aromatic hydroxyl groups is 1. The first-order valence-corrected chi connectivity index (χ1v) is 8.08. The van der Waals surface area contributed by atoms with Gasteiger partial charge in [-0.15, -0.1) is 0 Å². The number of carbonyl (C=O) groups is 1. The average Bonchev–Trinajstić information content (AvgIpc) is 2.52. The number of phenols is 1. The van der Waals surface area contributed by atoms with E-state index < -0.39 is 0 Å². The van der Waals surface area contributed by atoms with E-state index in [1.54, 1.807) is 24.3 Å². The molecule has 0 spiro atoms. The lowest BCUT2D eigenvalue weighted by molar-refractivity contribution is 0.0476. The van der Waals surface area contributed by atoms with Gasteiger partial charge in [-0.05, 0) is 48.6 Å². The van der Waals surface area contributed by atoms with Crippen LogP contribution in [-0.2, 0) is 0 Å². The van der Waals surface area contributed by atoms with Crippen molar-refractivity contribution in [3.63, 3.8) is 0 Å². The van der Waals surface area contributed by atoms with Crippen molar-refractivity contribution in [1.29, 1.82) is 0 Å². The fourth-order valence-corrected chi connectivity index (χ4v) is 3.85. The number of allylic oxidation sites excluding steroid dienone is 1. The van der Waals surface area contributed by atoms with Crippen LogP contribution in [-0.4, -0.2) is 10.9 Å². The summed E-state index contributed by atoms with van der Waals surface area (Å²) in [6.45, 7) is 8.10. The van der Waals surface area contributed by atoms with Gasteiger partial charge in [0.1, 0.15) is 11.6 Å². The maximum absolute atomic E-state index is 13.7. The SMILES string of the molecule is C=C(C)[C@@]1(C)C[C@@H](C(=O)c2ccccc2O)[C@@H]1c1cccc(F)c1. The molecule has 2 aromatic rings. The molecule has 3 rings (SSSR count). The van der Waals surface area contributed by atoms with Crippen LogP contribution in [0.5, 0.6) is 5.75 Å². The molecule has 1 fully saturated rings. The summed E-state index contributed by atoms with van der Waals surface area (Å²) in [4.78, 5) is 12.9. The van der Waals surface area contributed by atoms with Gasteiger partial charge in [0.25, 0.3) is 0 Å². The molecule has 0 amide bonds. The second-order valence-corrected chi connectivity index (χ2v) is 6.92. The van der Waals surface area contributed by atoms with Crippen LogP contribution in [0.2, 0.25) is 0 Å². The highest BCUT2D eigenvalue weighted by atomic mass is 19.1. The number of phenolic OH excluding ortho intramolecular Hbond substituents is 1. The molecule has 0 radical (unpaired) electrons. The Bertz CT molecular complexity index is 811. The first-order chi connectivity index (χ1) is 11.3. The van der Waals surface area contributed by atoms with Gasteiger partial charge >= 0.3 is 0 Å². The largest absolute Gasteiger partial charge is 0.507 e. The smallest absolute Gasteiger partial charge is 0.170 e. The van der Waals surface area contributed by atoms with Crippen molar-refractivity contribution in [1.82, 2.24) is 0 Å². The molecule has 2 aromatic carbocycles. The number of benzene rings is 2. The predicted octanol–water partition coefficient (Wildman–Crippen LogP) is 5.10. The zero-order chi connectivity index (χ0) is 17.5. The van der Waals surface area contributed by atoms with Crippen LogP contribution in [0.15, 0.2) is 60.7 Å². The number of hydrogen-bond donors (Lipinski definition) is 1. The monoisotopic (exact) mass is 324 g/mol. The van der Waals surface area contributed by atoms with Gasteiger partial charge < -0.3 is 5.11 Å². The number of para-hydroxylation sites is 1. The number of Topliss-reactive ketones (excluding diaryl/α,β-unsaturated/α-hetero) is 1. The van der Waals surface area contributed by atoms with E-state index in [1.807, 2.05) is 13.0 Å². The van der Waals surface area contributed by atoms with Crippen LogP contribution >= 0.6 is 0 Å². The lowest BCUT2D eigenvalue weighted by Gasteiger charge is -2.54. The Morgan fingerprint density at radius 2 is 1.96 bits per heavy atom. The van der Waals surface area contributed by atoms with Crippen LogP contribution in [0.1, 0.15) is 42.1 Å². The Morgan fingerprint density at radius 3 is 2.58 bits per heavy atom. The van der Waals surface area contributed by atoms with Gasteiger partial charge in [-0.2, -0.15) is 0 Å². The number of rotatable bonds is 4. The summed E-state index contributed by atoms with van der Waals surface area (Å²) in [5.41, 5.74) is 1.87. The Hall–Kier alpha value is -2.42. The molecule has 1 aliphatic rings. The third-order valence-corrected chi connectivity index (χ3v) is 5.42. The minimum atomic E-state index is -0.308. The van der Waals surface area contributed by atoms with Crippen molar-refractivity contribution >= 4 is 5.78 Å². The Balaban J connectivity index is 2.01. The van der Waals surface area contributed by atoms with Crippen LogP contribution in [0.3, 0.4) is 0 Å². The van der Waals surface area contributed by atoms with Gasteiger partial charge in [0, 0.05) is 11.8 Å². The van der Waals surface area contributed by atoms with E-state index in [4.69, 9.17) is 0 Å². The fourth-order valence-electron chi connectivity index (χ4n) is 3.85. The van der Waals surface area contributed by atoms with Crippen molar-refractivity contribution in [3.05, 3.63) is 77.6 Å². The second kappa shape index (κ2) is 5.90. The maximum Gasteiger partial charge on any atom is 0.170 e. The van der Waals surface area contributed by atoms with Crippen LogP contribution < -0.4 is 0 Å². The summed E-state index contributed by atoms with van der Waals surface area (Å²) in [5, 5.41) is 9.99. The zero-order valence-electron chi connectivity index (χ0n) is 13.9. The highest BCUT2D eigenvalue weighted by Crippen LogP contribution is 2.61. The van der Waals surface area contributed by atoms with Crippen molar-refractivity contribution in [2.75, 3.05) is 0 Å². The first-order valence-electron chi connectivity index (χ1n) is 8.08. The van der Waals surface area contributed by atoms with Gasteiger partial charge in [-0.3, -0.25) is 4.79 Å². The molecule has 0 bridgehead atoms. The van der Waals surface area contributed by atoms with E-state index in [-0.39, 0.29) is 34.6 Å². The molecule has 2 nitrogen and oxygen atoms in total. The second-order valence-electron chi connectivity index (χ2n) is 6.92. The molecular weight excluding hydrogens is 303 g/mol. The van der Waals surface area contributed by atoms with Gasteiger partial charge in [0.05, 0.1) is 5.56 Å².